The molecule has 0 radical (unpaired) electrons. The van der Waals surface area contributed by atoms with Crippen molar-refractivity contribution in [2.45, 2.75) is 25.7 Å². The summed E-state index contributed by atoms with van der Waals surface area (Å²) in [5.41, 5.74) is 1.89. The Balaban J connectivity index is 1.30. The van der Waals surface area contributed by atoms with E-state index >= 15 is 0 Å². The summed E-state index contributed by atoms with van der Waals surface area (Å²) >= 11 is 0. The van der Waals surface area contributed by atoms with Crippen molar-refractivity contribution < 1.29 is 4.79 Å². The first-order valence-corrected chi connectivity index (χ1v) is 8.63. The molecule has 1 fully saturated rings. The number of rotatable bonds is 4. The molecule has 0 unspecified atom stereocenters. The van der Waals surface area contributed by atoms with Crippen LogP contribution in [-0.2, 0) is 12.8 Å². The molecule has 4 rings (SSSR count). The molecular weight excluding hydrogens is 320 g/mol. The fourth-order valence-electron chi connectivity index (χ4n) is 3.35. The second kappa shape index (κ2) is 6.62. The molecule has 25 heavy (non-hydrogen) atoms. The number of aromatic nitrogens is 4. The lowest BCUT2D eigenvalue weighted by Gasteiger charge is -2.40. The summed E-state index contributed by atoms with van der Waals surface area (Å²) in [6.07, 6.45) is 7.34. The smallest absolute Gasteiger partial charge is 0.279 e. The minimum Gasteiger partial charge on any atom is -0.354 e. The number of carbonyl (C=O) groups is 1. The van der Waals surface area contributed by atoms with E-state index in [0.29, 0.717) is 12.5 Å². The number of amides is 1. The lowest BCUT2D eigenvalue weighted by atomic mass is 9.95. The number of H-pyrrole nitrogens is 1. The van der Waals surface area contributed by atoms with E-state index in [1.54, 1.807) is 0 Å². The normalized spacial score (nSPS) is 16.9. The molecule has 2 aromatic rings. The van der Waals surface area contributed by atoms with Crippen LogP contribution in [0, 0.1) is 5.92 Å². The average molecular weight is 340 g/mol. The third-order valence-corrected chi connectivity index (χ3v) is 4.81. The van der Waals surface area contributed by atoms with Crippen molar-refractivity contribution in [1.29, 1.82) is 0 Å². The quantitative estimate of drug-likeness (QED) is 0.830. The zero-order valence-electron chi connectivity index (χ0n) is 13.9. The predicted molar refractivity (Wildman–Crippen MR) is 91.6 cm³/mol. The van der Waals surface area contributed by atoms with Crippen molar-refractivity contribution in [3.63, 3.8) is 0 Å². The summed E-state index contributed by atoms with van der Waals surface area (Å²) in [6.45, 7) is 2.17. The summed E-state index contributed by atoms with van der Waals surface area (Å²) in [4.78, 5) is 32.0. The van der Waals surface area contributed by atoms with Crippen molar-refractivity contribution in [2.24, 2.45) is 5.92 Å². The van der Waals surface area contributed by atoms with Crippen molar-refractivity contribution >= 4 is 11.7 Å². The summed E-state index contributed by atoms with van der Waals surface area (Å²) in [5, 5.41) is 11.5. The second-order valence-corrected chi connectivity index (χ2v) is 6.63. The molecule has 0 atom stereocenters. The van der Waals surface area contributed by atoms with Crippen LogP contribution in [0.15, 0.2) is 23.3 Å². The topological polar surface area (TPSA) is 104 Å². The Labute approximate surface area is 144 Å². The van der Waals surface area contributed by atoms with E-state index in [0.717, 1.165) is 37.4 Å². The molecule has 0 saturated carbocycles. The molecule has 2 aromatic heterocycles. The number of carbonyl (C=O) groups excluding carboxylic acids is 1. The van der Waals surface area contributed by atoms with E-state index in [-0.39, 0.29) is 5.69 Å². The maximum Gasteiger partial charge on any atom is 0.279 e. The van der Waals surface area contributed by atoms with E-state index in [1.165, 1.54) is 30.8 Å². The van der Waals surface area contributed by atoms with Crippen molar-refractivity contribution in [3.05, 3.63) is 45.8 Å². The van der Waals surface area contributed by atoms with Crippen molar-refractivity contribution in [3.8, 4) is 0 Å². The molecule has 0 bridgehead atoms. The molecule has 3 heterocycles. The van der Waals surface area contributed by atoms with Gasteiger partial charge in [0.05, 0.1) is 5.69 Å². The van der Waals surface area contributed by atoms with Crippen LogP contribution in [0.2, 0.25) is 0 Å². The van der Waals surface area contributed by atoms with E-state index in [4.69, 9.17) is 0 Å². The highest BCUT2D eigenvalue weighted by molar-refractivity contribution is 5.91. The number of aromatic amines is 1. The molecule has 130 valence electrons. The first-order chi connectivity index (χ1) is 12.2. The van der Waals surface area contributed by atoms with Gasteiger partial charge in [-0.1, -0.05) is 0 Å². The first-order valence-electron chi connectivity index (χ1n) is 8.63. The van der Waals surface area contributed by atoms with Crippen LogP contribution in [0.3, 0.4) is 0 Å². The van der Waals surface area contributed by atoms with Crippen LogP contribution < -0.4 is 15.8 Å². The largest absolute Gasteiger partial charge is 0.354 e. The standard InChI is InChI=1S/C17H20N6O2/c24-16-15(18-5-6-19-16)17(25)20-8-11-9-23(10-11)14-7-12-3-1-2-4-13(12)21-22-14/h5-7,11H,1-4,8-10H2,(H,19,24)(H,20,25). The van der Waals surface area contributed by atoms with Crippen molar-refractivity contribution in [2.75, 3.05) is 24.5 Å². The number of nitrogens with zero attached hydrogens (tertiary/aromatic N) is 4. The number of hydrogen-bond donors (Lipinski definition) is 2. The van der Waals surface area contributed by atoms with Gasteiger partial charge in [-0.15, -0.1) is 5.10 Å². The fourth-order valence-corrected chi connectivity index (χ4v) is 3.35. The Hall–Kier alpha value is -2.77. The zero-order chi connectivity index (χ0) is 17.2. The van der Waals surface area contributed by atoms with Gasteiger partial charge in [-0.05, 0) is 37.3 Å². The van der Waals surface area contributed by atoms with Gasteiger partial charge >= 0.3 is 0 Å². The molecule has 8 heteroatoms. The van der Waals surface area contributed by atoms with Gasteiger partial charge in [0, 0.05) is 37.9 Å². The van der Waals surface area contributed by atoms with Gasteiger partial charge in [-0.3, -0.25) is 9.59 Å². The highest BCUT2D eigenvalue weighted by Crippen LogP contribution is 2.26. The Morgan fingerprint density at radius 1 is 1.28 bits per heavy atom. The molecule has 1 aliphatic heterocycles. The summed E-state index contributed by atoms with van der Waals surface area (Å²) in [5.74, 6) is 0.822. The van der Waals surface area contributed by atoms with E-state index < -0.39 is 11.5 Å². The molecule has 0 spiro atoms. The van der Waals surface area contributed by atoms with Crippen molar-refractivity contribution in [1.82, 2.24) is 25.5 Å². The summed E-state index contributed by atoms with van der Waals surface area (Å²) < 4.78 is 0. The lowest BCUT2D eigenvalue weighted by Crippen LogP contribution is -2.52. The number of anilines is 1. The average Bonchev–Trinajstić information content (AvgIpc) is 2.60. The number of nitrogens with one attached hydrogen (secondary N) is 2. The molecular formula is C17H20N6O2. The van der Waals surface area contributed by atoms with Crippen LogP contribution in [0.5, 0.6) is 0 Å². The zero-order valence-corrected chi connectivity index (χ0v) is 13.9. The molecule has 2 aliphatic rings. The van der Waals surface area contributed by atoms with E-state index in [2.05, 4.69) is 36.4 Å². The minimum absolute atomic E-state index is 0.0979. The first kappa shape index (κ1) is 15.7. The SMILES string of the molecule is O=C(NCC1CN(c2cc3c(nn2)CCCC3)C1)c1ncc[nH]c1=O. The molecule has 2 N–H and O–H groups in total. The van der Waals surface area contributed by atoms with Crippen LogP contribution in [0.25, 0.3) is 0 Å². The Kier molecular flexibility index (Phi) is 4.17. The van der Waals surface area contributed by atoms with Crippen LogP contribution in [0.4, 0.5) is 5.82 Å². The maximum absolute atomic E-state index is 12.0. The van der Waals surface area contributed by atoms with Crippen LogP contribution >= 0.6 is 0 Å². The van der Waals surface area contributed by atoms with E-state index in [9.17, 15) is 9.59 Å². The Morgan fingerprint density at radius 2 is 2.12 bits per heavy atom. The van der Waals surface area contributed by atoms with Crippen LogP contribution in [0.1, 0.15) is 34.6 Å². The molecule has 1 amide bonds. The minimum atomic E-state index is -0.473. The number of hydrogen-bond acceptors (Lipinski definition) is 6. The summed E-state index contributed by atoms with van der Waals surface area (Å²) in [6, 6.07) is 2.16. The summed E-state index contributed by atoms with van der Waals surface area (Å²) in [7, 11) is 0. The highest BCUT2D eigenvalue weighted by Gasteiger charge is 2.29. The van der Waals surface area contributed by atoms with Gasteiger partial charge in [-0.2, -0.15) is 5.10 Å². The van der Waals surface area contributed by atoms with Gasteiger partial charge in [0.1, 0.15) is 0 Å². The Bertz CT molecular complexity index is 843. The van der Waals surface area contributed by atoms with E-state index in [1.807, 2.05) is 0 Å². The second-order valence-electron chi connectivity index (χ2n) is 6.63. The Morgan fingerprint density at radius 3 is 2.96 bits per heavy atom. The molecule has 0 aromatic carbocycles. The van der Waals surface area contributed by atoms with Gasteiger partial charge < -0.3 is 15.2 Å². The number of fused-ring (bicyclic) bond motifs is 1. The molecule has 8 nitrogen and oxygen atoms in total. The lowest BCUT2D eigenvalue weighted by molar-refractivity contribution is 0.0937. The predicted octanol–water partition coefficient (Wildman–Crippen LogP) is 0.305. The third kappa shape index (κ3) is 3.24. The van der Waals surface area contributed by atoms with Gasteiger partial charge in [0.25, 0.3) is 11.5 Å². The monoisotopic (exact) mass is 340 g/mol. The van der Waals surface area contributed by atoms with Gasteiger partial charge in [0.15, 0.2) is 11.5 Å². The van der Waals surface area contributed by atoms with Gasteiger partial charge in [-0.25, -0.2) is 4.98 Å². The maximum atomic E-state index is 12.0. The van der Waals surface area contributed by atoms with Crippen LogP contribution in [-0.4, -0.2) is 45.7 Å². The van der Waals surface area contributed by atoms with Gasteiger partial charge in [0.2, 0.25) is 0 Å². The molecule has 1 saturated heterocycles. The highest BCUT2D eigenvalue weighted by atomic mass is 16.2. The third-order valence-electron chi connectivity index (χ3n) is 4.81. The number of aryl methyl sites for hydroxylation is 2. The molecule has 1 aliphatic carbocycles. The fraction of sp³-hybridized carbons (Fsp3) is 0.471.